The number of unbranched alkanes of at least 4 members (excludes halogenated alkanes) is 35. The Kier molecular flexibility index (Phi) is 45.5. The average Bonchev–Trinajstić information content (AvgIpc) is 3.15. The molecule has 1 unspecified atom stereocenters. The van der Waals surface area contributed by atoms with Crippen molar-refractivity contribution in [2.24, 2.45) is 0 Å². The molecule has 1 atom stereocenters. The topological polar surface area (TPSA) is 55.8 Å². The Balaban J connectivity index is 3.33. The van der Waals surface area contributed by atoms with Gasteiger partial charge in [0.1, 0.15) is 6.10 Å². The third-order valence-corrected chi connectivity index (χ3v) is 10.8. The van der Waals surface area contributed by atoms with Crippen molar-refractivity contribution in [3.05, 3.63) is 12.2 Å². The van der Waals surface area contributed by atoms with Crippen LogP contribution < -0.4 is 0 Å². The fourth-order valence-corrected chi connectivity index (χ4v) is 7.27. The van der Waals surface area contributed by atoms with E-state index in [1.807, 2.05) is 0 Å². The van der Waals surface area contributed by atoms with Crippen molar-refractivity contribution in [1.82, 2.24) is 0 Å². The number of carbonyl (C=O) groups is 1. The van der Waals surface area contributed by atoms with E-state index in [9.17, 15) is 9.90 Å². The third kappa shape index (κ3) is 43.5. The van der Waals surface area contributed by atoms with E-state index in [0.29, 0.717) is 19.6 Å². The SMILES string of the molecule is CCCCCCCCCC/C=C\CCCCCCCCCCCCCCCCOCC(CO)OC(=O)CCCCCCCCCCCCCCCC. The molecule has 4 nitrogen and oxygen atoms in total. The first-order valence-corrected chi connectivity index (χ1v) is 23.8. The van der Waals surface area contributed by atoms with Gasteiger partial charge in [0.2, 0.25) is 0 Å². The van der Waals surface area contributed by atoms with Gasteiger partial charge in [-0.1, -0.05) is 231 Å². The van der Waals surface area contributed by atoms with Gasteiger partial charge >= 0.3 is 5.97 Å². The maximum Gasteiger partial charge on any atom is 0.306 e. The molecule has 0 amide bonds. The molecule has 0 heterocycles. The second-order valence-corrected chi connectivity index (χ2v) is 16.2. The Bertz CT molecular complexity index is 692. The summed E-state index contributed by atoms with van der Waals surface area (Å²) in [6, 6.07) is 0. The largest absolute Gasteiger partial charge is 0.457 e. The van der Waals surface area contributed by atoms with Gasteiger partial charge in [0, 0.05) is 13.0 Å². The van der Waals surface area contributed by atoms with E-state index in [4.69, 9.17) is 9.47 Å². The zero-order valence-electron chi connectivity index (χ0n) is 35.6. The highest BCUT2D eigenvalue weighted by Gasteiger charge is 2.13. The predicted octanol–water partition coefficient (Wildman–Crippen LogP) is 15.7. The summed E-state index contributed by atoms with van der Waals surface area (Å²) in [6.45, 7) is 5.39. The molecule has 0 aromatic rings. The lowest BCUT2D eigenvalue weighted by Gasteiger charge is -2.16. The summed E-state index contributed by atoms with van der Waals surface area (Å²) in [4.78, 5) is 12.2. The number of rotatable bonds is 45. The summed E-state index contributed by atoms with van der Waals surface area (Å²) in [7, 11) is 0. The summed E-state index contributed by atoms with van der Waals surface area (Å²) >= 11 is 0. The van der Waals surface area contributed by atoms with Crippen LogP contribution in [-0.4, -0.2) is 37.0 Å². The Hall–Kier alpha value is -0.870. The molecular weight excluding hydrogens is 641 g/mol. The highest BCUT2D eigenvalue weighted by Crippen LogP contribution is 2.16. The first-order valence-electron chi connectivity index (χ1n) is 23.8. The van der Waals surface area contributed by atoms with Gasteiger partial charge in [0.15, 0.2) is 0 Å². The van der Waals surface area contributed by atoms with Crippen molar-refractivity contribution in [2.45, 2.75) is 270 Å². The molecule has 0 rings (SSSR count). The van der Waals surface area contributed by atoms with Crippen LogP contribution in [0.1, 0.15) is 264 Å². The van der Waals surface area contributed by atoms with Gasteiger partial charge in [-0.2, -0.15) is 0 Å². The average molecular weight is 735 g/mol. The molecule has 1 N–H and O–H groups in total. The minimum Gasteiger partial charge on any atom is -0.457 e. The lowest BCUT2D eigenvalue weighted by Crippen LogP contribution is -2.27. The van der Waals surface area contributed by atoms with E-state index in [1.54, 1.807) is 0 Å². The predicted molar refractivity (Wildman–Crippen MR) is 228 cm³/mol. The highest BCUT2D eigenvalue weighted by atomic mass is 16.6. The quantitative estimate of drug-likeness (QED) is 0.0384. The van der Waals surface area contributed by atoms with Crippen LogP contribution in [0.25, 0.3) is 0 Å². The number of hydrogen-bond donors (Lipinski definition) is 1. The molecule has 0 saturated carbocycles. The second-order valence-electron chi connectivity index (χ2n) is 16.2. The highest BCUT2D eigenvalue weighted by molar-refractivity contribution is 5.69. The molecule has 0 bridgehead atoms. The van der Waals surface area contributed by atoms with Crippen molar-refractivity contribution in [2.75, 3.05) is 19.8 Å². The van der Waals surface area contributed by atoms with Crippen molar-refractivity contribution in [3.8, 4) is 0 Å². The smallest absolute Gasteiger partial charge is 0.306 e. The zero-order valence-corrected chi connectivity index (χ0v) is 35.6. The first kappa shape index (κ1) is 51.1. The molecule has 4 heteroatoms. The maximum atomic E-state index is 12.2. The van der Waals surface area contributed by atoms with Crippen LogP contribution in [-0.2, 0) is 14.3 Å². The van der Waals surface area contributed by atoms with Gasteiger partial charge in [0.05, 0.1) is 13.2 Å². The number of esters is 1. The maximum absolute atomic E-state index is 12.2. The van der Waals surface area contributed by atoms with Crippen molar-refractivity contribution in [3.63, 3.8) is 0 Å². The number of aliphatic hydroxyl groups is 1. The molecule has 52 heavy (non-hydrogen) atoms. The first-order chi connectivity index (χ1) is 25.7. The molecule has 0 radical (unpaired) electrons. The fourth-order valence-electron chi connectivity index (χ4n) is 7.27. The fraction of sp³-hybridized carbons (Fsp3) is 0.938. The summed E-state index contributed by atoms with van der Waals surface area (Å²) in [6.07, 6.45) is 55.8. The van der Waals surface area contributed by atoms with E-state index >= 15 is 0 Å². The number of ether oxygens (including phenoxy) is 2. The number of hydrogen-bond acceptors (Lipinski definition) is 4. The van der Waals surface area contributed by atoms with Crippen LogP contribution >= 0.6 is 0 Å². The van der Waals surface area contributed by atoms with Crippen LogP contribution in [0, 0.1) is 0 Å². The van der Waals surface area contributed by atoms with Gasteiger partial charge in [0.25, 0.3) is 0 Å². The van der Waals surface area contributed by atoms with E-state index in [1.165, 1.54) is 225 Å². The van der Waals surface area contributed by atoms with E-state index < -0.39 is 6.10 Å². The van der Waals surface area contributed by atoms with Crippen LogP contribution in [0.5, 0.6) is 0 Å². The Morgan fingerprint density at radius 1 is 0.442 bits per heavy atom. The van der Waals surface area contributed by atoms with Gasteiger partial charge in [-0.3, -0.25) is 4.79 Å². The Labute approximate surface area is 326 Å². The summed E-state index contributed by atoms with van der Waals surface area (Å²) in [5.74, 6) is -0.195. The van der Waals surface area contributed by atoms with Gasteiger partial charge in [-0.15, -0.1) is 0 Å². The minimum absolute atomic E-state index is 0.165. The van der Waals surface area contributed by atoms with Crippen LogP contribution in [0.15, 0.2) is 12.2 Å². The van der Waals surface area contributed by atoms with Gasteiger partial charge in [-0.25, -0.2) is 0 Å². The number of aliphatic hydroxyl groups excluding tert-OH is 1. The van der Waals surface area contributed by atoms with Crippen LogP contribution in [0.4, 0.5) is 0 Å². The second kappa shape index (κ2) is 46.3. The monoisotopic (exact) mass is 735 g/mol. The van der Waals surface area contributed by atoms with Crippen molar-refractivity contribution < 1.29 is 19.4 Å². The molecule has 0 fully saturated rings. The van der Waals surface area contributed by atoms with E-state index in [-0.39, 0.29) is 12.6 Å². The molecule has 0 saturated heterocycles. The van der Waals surface area contributed by atoms with Gasteiger partial charge in [-0.05, 0) is 38.5 Å². The lowest BCUT2D eigenvalue weighted by molar-refractivity contribution is -0.154. The van der Waals surface area contributed by atoms with Crippen molar-refractivity contribution >= 4 is 5.97 Å². The molecule has 0 aliphatic carbocycles. The molecule has 0 spiro atoms. The molecule has 310 valence electrons. The van der Waals surface area contributed by atoms with E-state index in [2.05, 4.69) is 26.0 Å². The minimum atomic E-state index is -0.527. The molecule has 0 aliphatic rings. The summed E-state index contributed by atoms with van der Waals surface area (Å²) < 4.78 is 11.2. The molecule has 0 aromatic heterocycles. The lowest BCUT2D eigenvalue weighted by atomic mass is 10.0. The number of allylic oxidation sites excluding steroid dienone is 2. The molecular formula is C48H94O4. The normalized spacial score (nSPS) is 12.3. The zero-order chi connectivity index (χ0) is 37.7. The Morgan fingerprint density at radius 2 is 0.750 bits per heavy atom. The molecule has 0 aliphatic heterocycles. The Morgan fingerprint density at radius 3 is 1.10 bits per heavy atom. The molecule has 0 aromatic carbocycles. The standard InChI is InChI=1S/C48H94O4/c1-3-5-7-9-11-13-15-17-19-20-21-22-23-24-25-26-27-28-29-30-32-34-36-38-40-42-44-51-46-47(45-49)52-48(50)43-41-39-37-35-33-31-18-16-14-12-10-8-6-4-2/h20-21,47,49H,3-19,22-46H2,1-2H3/b21-20-. The van der Waals surface area contributed by atoms with Crippen molar-refractivity contribution in [1.29, 1.82) is 0 Å². The van der Waals surface area contributed by atoms with Crippen LogP contribution in [0.3, 0.4) is 0 Å². The van der Waals surface area contributed by atoms with Gasteiger partial charge < -0.3 is 14.6 Å². The van der Waals surface area contributed by atoms with E-state index in [0.717, 1.165) is 19.3 Å². The number of carbonyl (C=O) groups excluding carboxylic acids is 1. The van der Waals surface area contributed by atoms with Crippen LogP contribution in [0.2, 0.25) is 0 Å². The summed E-state index contributed by atoms with van der Waals surface area (Å²) in [5, 5.41) is 9.61. The third-order valence-electron chi connectivity index (χ3n) is 10.8. The summed E-state index contributed by atoms with van der Waals surface area (Å²) in [5.41, 5.74) is 0.